The molecular weight excluding hydrogens is 471 g/mol. The molecule has 3 unspecified atom stereocenters. The number of rotatable bonds is 8. The van der Waals surface area contributed by atoms with Gasteiger partial charge in [-0.1, -0.05) is 20.3 Å². The average Bonchev–Trinajstić information content (AvgIpc) is 2.66. The van der Waals surface area contributed by atoms with Crippen molar-refractivity contribution in [3.8, 4) is 0 Å². The predicted molar refractivity (Wildman–Crippen MR) is 129 cm³/mol. The van der Waals surface area contributed by atoms with Crippen LogP contribution in [0.3, 0.4) is 0 Å². The van der Waals surface area contributed by atoms with E-state index in [0.29, 0.717) is 11.3 Å². The first-order valence-corrected chi connectivity index (χ1v) is 12.1. The molecule has 0 bridgehead atoms. The number of nitrogens with zero attached hydrogens (tertiary/aromatic N) is 2. The van der Waals surface area contributed by atoms with Gasteiger partial charge in [0.25, 0.3) is 0 Å². The van der Waals surface area contributed by atoms with Gasteiger partial charge < -0.3 is 15.5 Å². The lowest BCUT2D eigenvalue weighted by Crippen LogP contribution is -2.46. The molecule has 0 aromatic rings. The maximum absolute atomic E-state index is 12.1. The number of halogens is 1. The Hall–Kier alpha value is 0.110. The Labute approximate surface area is 186 Å². The lowest BCUT2D eigenvalue weighted by Gasteiger charge is -2.30. The Bertz CT molecular complexity index is 455. The van der Waals surface area contributed by atoms with Crippen LogP contribution in [0.4, 0.5) is 0 Å². The highest BCUT2D eigenvalue weighted by Gasteiger charge is 2.26. The van der Waals surface area contributed by atoms with Crippen molar-refractivity contribution >= 4 is 40.7 Å². The van der Waals surface area contributed by atoms with Crippen molar-refractivity contribution in [3.05, 3.63) is 0 Å². The summed E-state index contributed by atoms with van der Waals surface area (Å²) in [5.74, 6) is 2.61. The van der Waals surface area contributed by atoms with Crippen LogP contribution < -0.4 is 10.6 Å². The predicted octanol–water partition coefficient (Wildman–Crippen LogP) is 3.36. The molecule has 1 heterocycles. The van der Waals surface area contributed by atoms with E-state index < -0.39 is 10.8 Å². The zero-order valence-electron chi connectivity index (χ0n) is 17.5. The van der Waals surface area contributed by atoms with Crippen LogP contribution in [-0.2, 0) is 10.8 Å². The number of piperidine rings is 1. The second-order valence-electron chi connectivity index (χ2n) is 7.94. The topological polar surface area (TPSA) is 56.7 Å². The average molecular weight is 513 g/mol. The lowest BCUT2D eigenvalue weighted by atomic mass is 9.95. The van der Waals surface area contributed by atoms with E-state index in [0.717, 1.165) is 62.9 Å². The zero-order chi connectivity index (χ0) is 18.8. The van der Waals surface area contributed by atoms with Crippen LogP contribution in [-0.4, -0.2) is 64.8 Å². The van der Waals surface area contributed by atoms with Gasteiger partial charge in [0.2, 0.25) is 0 Å². The van der Waals surface area contributed by atoms with Crippen LogP contribution in [0.15, 0.2) is 4.99 Å². The van der Waals surface area contributed by atoms with Crippen molar-refractivity contribution in [1.29, 1.82) is 0 Å². The summed E-state index contributed by atoms with van der Waals surface area (Å²) in [6, 6.07) is 0.408. The second-order valence-corrected chi connectivity index (χ2v) is 9.94. The smallest absolute Gasteiger partial charge is 0.191 e. The van der Waals surface area contributed by atoms with E-state index in [-0.39, 0.29) is 24.0 Å². The van der Waals surface area contributed by atoms with E-state index in [2.05, 4.69) is 29.4 Å². The van der Waals surface area contributed by atoms with Crippen molar-refractivity contribution in [1.82, 2.24) is 15.5 Å². The third-order valence-electron chi connectivity index (χ3n) is 5.75. The summed E-state index contributed by atoms with van der Waals surface area (Å²) < 4.78 is 12.1. The molecule has 1 aliphatic carbocycles. The van der Waals surface area contributed by atoms with Crippen molar-refractivity contribution in [3.63, 3.8) is 0 Å². The van der Waals surface area contributed by atoms with Crippen LogP contribution in [0, 0.1) is 5.92 Å². The Morgan fingerprint density at radius 2 is 1.93 bits per heavy atom. The highest BCUT2D eigenvalue weighted by atomic mass is 127. The summed E-state index contributed by atoms with van der Waals surface area (Å²) in [5, 5.41) is 7.34. The van der Waals surface area contributed by atoms with Gasteiger partial charge >= 0.3 is 0 Å². The van der Waals surface area contributed by atoms with Crippen LogP contribution >= 0.6 is 24.0 Å². The van der Waals surface area contributed by atoms with E-state index >= 15 is 0 Å². The molecule has 0 amide bonds. The summed E-state index contributed by atoms with van der Waals surface area (Å²) >= 11 is 0. The van der Waals surface area contributed by atoms with Crippen molar-refractivity contribution < 1.29 is 4.21 Å². The largest absolute Gasteiger partial charge is 0.357 e. The molecule has 0 aromatic carbocycles. The fourth-order valence-corrected chi connectivity index (χ4v) is 5.38. The molecule has 2 rings (SSSR count). The van der Waals surface area contributed by atoms with Crippen molar-refractivity contribution in [2.75, 3.05) is 38.5 Å². The fraction of sp³-hybridized carbons (Fsp3) is 0.950. The molecular formula is C20H41IN4OS. The molecule has 0 spiro atoms. The number of aliphatic imine (C=N–C) groups is 1. The molecule has 5 nitrogen and oxygen atoms in total. The van der Waals surface area contributed by atoms with E-state index in [1.807, 2.05) is 6.92 Å². The highest BCUT2D eigenvalue weighted by molar-refractivity contribution is 14.0. The molecule has 2 fully saturated rings. The number of likely N-dealkylation sites (tertiary alicyclic amines) is 1. The minimum atomic E-state index is -0.671. The van der Waals surface area contributed by atoms with Gasteiger partial charge in [-0.15, -0.1) is 24.0 Å². The third kappa shape index (κ3) is 9.43. The number of hydrogen-bond donors (Lipinski definition) is 2. The Morgan fingerprint density at radius 3 is 2.59 bits per heavy atom. The normalized spacial score (nSPS) is 26.3. The molecule has 7 heteroatoms. The Kier molecular flexibility index (Phi) is 13.2. The maximum Gasteiger partial charge on any atom is 0.191 e. The van der Waals surface area contributed by atoms with E-state index in [1.54, 1.807) is 0 Å². The zero-order valence-corrected chi connectivity index (χ0v) is 20.7. The second kappa shape index (κ2) is 14.1. The summed E-state index contributed by atoms with van der Waals surface area (Å²) in [5.41, 5.74) is 0. The van der Waals surface area contributed by atoms with Crippen LogP contribution in [0.5, 0.6) is 0 Å². The first kappa shape index (κ1) is 25.1. The van der Waals surface area contributed by atoms with Gasteiger partial charge in [-0.3, -0.25) is 9.20 Å². The summed E-state index contributed by atoms with van der Waals surface area (Å²) in [6.07, 6.45) is 8.26. The van der Waals surface area contributed by atoms with Crippen LogP contribution in [0.1, 0.15) is 65.7 Å². The van der Waals surface area contributed by atoms with Crippen molar-refractivity contribution in [2.24, 2.45) is 10.9 Å². The van der Waals surface area contributed by atoms with E-state index in [1.165, 1.54) is 32.4 Å². The lowest BCUT2D eigenvalue weighted by molar-refractivity contribution is 0.191. The molecule has 160 valence electrons. The Morgan fingerprint density at radius 1 is 1.19 bits per heavy atom. The first-order chi connectivity index (χ1) is 12.6. The molecule has 1 saturated heterocycles. The van der Waals surface area contributed by atoms with Crippen LogP contribution in [0.2, 0.25) is 0 Å². The van der Waals surface area contributed by atoms with E-state index in [4.69, 9.17) is 4.99 Å². The first-order valence-electron chi connectivity index (χ1n) is 10.8. The summed E-state index contributed by atoms with van der Waals surface area (Å²) in [7, 11) is -0.671. The number of hydrogen-bond acceptors (Lipinski definition) is 3. The van der Waals surface area contributed by atoms with Gasteiger partial charge in [-0.25, -0.2) is 0 Å². The van der Waals surface area contributed by atoms with Gasteiger partial charge in [0, 0.05) is 40.9 Å². The minimum Gasteiger partial charge on any atom is -0.357 e. The SMILES string of the molecule is CCNC(=NCCCN1CCC(C)CC1)NC1CCCC(S(=O)CC)C1.I. The van der Waals surface area contributed by atoms with Crippen LogP contribution in [0.25, 0.3) is 0 Å². The van der Waals surface area contributed by atoms with Gasteiger partial charge in [0.05, 0.1) is 0 Å². The van der Waals surface area contributed by atoms with E-state index in [9.17, 15) is 4.21 Å². The molecule has 27 heavy (non-hydrogen) atoms. The molecule has 2 N–H and O–H groups in total. The molecule has 1 aliphatic heterocycles. The van der Waals surface area contributed by atoms with Gasteiger partial charge in [-0.05, 0) is 71.0 Å². The third-order valence-corrected chi connectivity index (χ3v) is 7.49. The minimum absolute atomic E-state index is 0. The molecule has 2 aliphatic rings. The quantitative estimate of drug-likeness (QED) is 0.227. The molecule has 1 saturated carbocycles. The Balaban J connectivity index is 0.00000364. The highest BCUT2D eigenvalue weighted by Crippen LogP contribution is 2.23. The summed E-state index contributed by atoms with van der Waals surface area (Å²) in [6.45, 7) is 11.9. The number of nitrogens with one attached hydrogen (secondary N) is 2. The summed E-state index contributed by atoms with van der Waals surface area (Å²) in [4.78, 5) is 7.37. The monoisotopic (exact) mass is 512 g/mol. The standard InChI is InChI=1S/C20H40N4OS.HI/c1-4-21-20(22-12-7-13-24-14-10-17(3)11-15-24)23-18-8-6-9-19(16-18)26(25)5-2;/h17-19H,4-16H2,1-3H3,(H2,21,22,23);1H. The molecule has 3 atom stereocenters. The molecule has 0 radical (unpaired) electrons. The van der Waals surface area contributed by atoms with Crippen molar-refractivity contribution in [2.45, 2.75) is 77.0 Å². The molecule has 0 aromatic heterocycles. The van der Waals surface area contributed by atoms with Gasteiger partial charge in [-0.2, -0.15) is 0 Å². The fourth-order valence-electron chi connectivity index (χ4n) is 4.03. The van der Waals surface area contributed by atoms with Gasteiger partial charge in [0.1, 0.15) is 0 Å². The number of guanidine groups is 1. The maximum atomic E-state index is 12.1. The van der Waals surface area contributed by atoms with Gasteiger partial charge in [0.15, 0.2) is 5.96 Å².